The second kappa shape index (κ2) is 3.24. The maximum Gasteiger partial charge on any atom is 0.306 e. The second-order valence-electron chi connectivity index (χ2n) is 2.67. The van der Waals surface area contributed by atoms with E-state index in [9.17, 15) is 8.42 Å². The molecule has 0 spiro atoms. The molecule has 6 heteroatoms. The molecule has 0 saturated heterocycles. The Morgan fingerprint density at radius 3 is 2.58 bits per heavy atom. The van der Waals surface area contributed by atoms with E-state index in [1.165, 1.54) is 18.7 Å². The molecule has 0 atom stereocenters. The van der Waals surface area contributed by atoms with Crippen LogP contribution in [-0.2, 0) is 10.2 Å². The van der Waals surface area contributed by atoms with E-state index in [1.807, 2.05) is 0 Å². The zero-order valence-electron chi connectivity index (χ0n) is 6.93. The lowest BCUT2D eigenvalue weighted by atomic mass is 10.4. The Kier molecular flexibility index (Phi) is 2.49. The molecule has 1 rings (SSSR count). The Balaban J connectivity index is 2.88. The molecule has 0 amide bonds. The van der Waals surface area contributed by atoms with Crippen molar-refractivity contribution in [1.82, 2.24) is 13.7 Å². The average Bonchev–Trinajstić information content (AvgIpc) is 2.32. The lowest BCUT2D eigenvalue weighted by Gasteiger charge is -2.08. The molecule has 0 saturated carbocycles. The topological polar surface area (TPSA) is 64.0 Å². The molecule has 0 aliphatic rings. The minimum Gasteiger partial charge on any atom is -0.244 e. The van der Waals surface area contributed by atoms with Crippen molar-refractivity contribution in [2.45, 2.75) is 19.9 Å². The molecule has 12 heavy (non-hydrogen) atoms. The van der Waals surface area contributed by atoms with E-state index < -0.39 is 10.2 Å². The van der Waals surface area contributed by atoms with Gasteiger partial charge in [-0.1, -0.05) is 0 Å². The highest BCUT2D eigenvalue weighted by Crippen LogP contribution is 1.93. The molecule has 68 valence electrons. The zero-order valence-corrected chi connectivity index (χ0v) is 7.75. The fourth-order valence-electron chi connectivity index (χ4n) is 0.748. The van der Waals surface area contributed by atoms with Gasteiger partial charge in [-0.2, -0.15) is 13.1 Å². The van der Waals surface area contributed by atoms with E-state index in [0.717, 1.165) is 3.97 Å². The van der Waals surface area contributed by atoms with E-state index in [-0.39, 0.29) is 6.04 Å². The van der Waals surface area contributed by atoms with Crippen molar-refractivity contribution in [3.05, 3.63) is 18.7 Å². The van der Waals surface area contributed by atoms with Gasteiger partial charge in [0.2, 0.25) is 0 Å². The maximum absolute atomic E-state index is 11.3. The highest BCUT2D eigenvalue weighted by Gasteiger charge is 2.12. The first-order valence-electron chi connectivity index (χ1n) is 3.53. The zero-order chi connectivity index (χ0) is 9.19. The summed E-state index contributed by atoms with van der Waals surface area (Å²) in [6, 6.07) is -0.114. The Bertz CT molecular complexity index is 328. The molecule has 0 aliphatic heterocycles. The number of rotatable bonds is 3. The minimum atomic E-state index is -3.41. The molecule has 1 heterocycles. The van der Waals surface area contributed by atoms with Crippen LogP contribution < -0.4 is 4.72 Å². The minimum absolute atomic E-state index is 0.114. The van der Waals surface area contributed by atoms with Crippen molar-refractivity contribution < 1.29 is 8.42 Å². The standard InChI is InChI=1S/C6H11N3O2S/c1-6(2)8-12(10,11)9-4-3-7-5-9/h3-6,8H,1-2H3. The molecule has 0 aliphatic carbocycles. The molecule has 0 fully saturated rings. The summed E-state index contributed by atoms with van der Waals surface area (Å²) in [4.78, 5) is 3.64. The first-order chi connectivity index (χ1) is 5.52. The number of aromatic nitrogens is 2. The van der Waals surface area contributed by atoms with Crippen LogP contribution in [0.5, 0.6) is 0 Å². The maximum atomic E-state index is 11.3. The molecule has 0 bridgehead atoms. The first-order valence-corrected chi connectivity index (χ1v) is 4.97. The molecule has 1 N–H and O–H groups in total. The number of hydrogen-bond donors (Lipinski definition) is 1. The molecule has 0 unspecified atom stereocenters. The predicted molar refractivity (Wildman–Crippen MR) is 44.8 cm³/mol. The molecule has 1 aromatic rings. The summed E-state index contributed by atoms with van der Waals surface area (Å²) in [5.41, 5.74) is 0. The van der Waals surface area contributed by atoms with Crippen LogP contribution in [-0.4, -0.2) is 23.4 Å². The molecule has 1 aromatic heterocycles. The van der Waals surface area contributed by atoms with Gasteiger partial charge in [0.05, 0.1) is 0 Å². The van der Waals surface area contributed by atoms with Crippen LogP contribution in [0.3, 0.4) is 0 Å². The van der Waals surface area contributed by atoms with Gasteiger partial charge in [-0.05, 0) is 13.8 Å². The van der Waals surface area contributed by atoms with Crippen LogP contribution in [0, 0.1) is 0 Å². The Morgan fingerprint density at radius 1 is 1.50 bits per heavy atom. The van der Waals surface area contributed by atoms with Crippen molar-refractivity contribution >= 4 is 10.2 Å². The van der Waals surface area contributed by atoms with Gasteiger partial charge >= 0.3 is 10.2 Å². The van der Waals surface area contributed by atoms with E-state index in [4.69, 9.17) is 0 Å². The van der Waals surface area contributed by atoms with Crippen molar-refractivity contribution in [3.8, 4) is 0 Å². The summed E-state index contributed by atoms with van der Waals surface area (Å²) in [5, 5.41) is 0. The normalized spacial score (nSPS) is 12.2. The third kappa shape index (κ3) is 2.05. The third-order valence-corrected chi connectivity index (χ3v) is 2.68. The van der Waals surface area contributed by atoms with Crippen molar-refractivity contribution in [2.75, 3.05) is 0 Å². The second-order valence-corrected chi connectivity index (χ2v) is 4.28. The third-order valence-electron chi connectivity index (χ3n) is 1.14. The number of hydrogen-bond acceptors (Lipinski definition) is 3. The Labute approximate surface area is 71.6 Å². The fraction of sp³-hybridized carbons (Fsp3) is 0.500. The summed E-state index contributed by atoms with van der Waals surface area (Å²) < 4.78 is 26.1. The Morgan fingerprint density at radius 2 is 2.17 bits per heavy atom. The highest BCUT2D eigenvalue weighted by molar-refractivity contribution is 7.87. The van der Waals surface area contributed by atoms with E-state index in [1.54, 1.807) is 13.8 Å². The van der Waals surface area contributed by atoms with Crippen LogP contribution in [0.25, 0.3) is 0 Å². The van der Waals surface area contributed by atoms with Gasteiger partial charge in [-0.3, -0.25) is 0 Å². The highest BCUT2D eigenvalue weighted by atomic mass is 32.2. The predicted octanol–water partition coefficient (Wildman–Crippen LogP) is -0.0260. The number of imidazole rings is 1. The van der Waals surface area contributed by atoms with E-state index in [2.05, 4.69) is 9.71 Å². The molecule has 0 radical (unpaired) electrons. The first kappa shape index (κ1) is 9.21. The van der Waals surface area contributed by atoms with Gasteiger partial charge in [-0.15, -0.1) is 0 Å². The summed E-state index contributed by atoms with van der Waals surface area (Å²) in [6.07, 6.45) is 4.04. The quantitative estimate of drug-likeness (QED) is 0.726. The number of nitrogens with zero attached hydrogens (tertiary/aromatic N) is 2. The largest absolute Gasteiger partial charge is 0.306 e. The lowest BCUT2D eigenvalue weighted by Crippen LogP contribution is -2.34. The van der Waals surface area contributed by atoms with Gasteiger partial charge < -0.3 is 0 Å². The summed E-state index contributed by atoms with van der Waals surface area (Å²) in [5.74, 6) is 0. The van der Waals surface area contributed by atoms with Crippen molar-refractivity contribution in [1.29, 1.82) is 0 Å². The van der Waals surface area contributed by atoms with Crippen molar-refractivity contribution in [2.24, 2.45) is 0 Å². The Hall–Kier alpha value is -0.880. The van der Waals surface area contributed by atoms with E-state index >= 15 is 0 Å². The van der Waals surface area contributed by atoms with Gasteiger partial charge in [0, 0.05) is 18.4 Å². The lowest BCUT2D eigenvalue weighted by molar-refractivity contribution is 0.560. The van der Waals surface area contributed by atoms with Gasteiger partial charge in [0.25, 0.3) is 0 Å². The molecule has 5 nitrogen and oxygen atoms in total. The van der Waals surface area contributed by atoms with E-state index in [0.29, 0.717) is 0 Å². The SMILES string of the molecule is CC(C)NS(=O)(=O)n1ccnc1. The van der Waals surface area contributed by atoms with Crippen molar-refractivity contribution in [3.63, 3.8) is 0 Å². The summed E-state index contributed by atoms with van der Waals surface area (Å²) in [7, 11) is -3.41. The van der Waals surface area contributed by atoms with Gasteiger partial charge in [0.1, 0.15) is 6.33 Å². The van der Waals surface area contributed by atoms with Crippen LogP contribution >= 0.6 is 0 Å². The molecule has 0 aromatic carbocycles. The van der Waals surface area contributed by atoms with Crippen LogP contribution in [0.1, 0.15) is 13.8 Å². The summed E-state index contributed by atoms with van der Waals surface area (Å²) in [6.45, 7) is 3.52. The molecular weight excluding hydrogens is 178 g/mol. The smallest absolute Gasteiger partial charge is 0.244 e. The average molecular weight is 189 g/mol. The fourth-order valence-corrected chi connectivity index (χ4v) is 1.86. The van der Waals surface area contributed by atoms with Crippen LogP contribution in [0.2, 0.25) is 0 Å². The molecular formula is C6H11N3O2S. The van der Waals surface area contributed by atoms with Crippen LogP contribution in [0.4, 0.5) is 0 Å². The summed E-state index contributed by atoms with van der Waals surface area (Å²) >= 11 is 0. The van der Waals surface area contributed by atoms with Gasteiger partial charge in [-0.25, -0.2) is 8.96 Å². The number of nitrogens with one attached hydrogen (secondary N) is 1. The monoisotopic (exact) mass is 189 g/mol. The van der Waals surface area contributed by atoms with Crippen LogP contribution in [0.15, 0.2) is 18.7 Å². The van der Waals surface area contributed by atoms with Gasteiger partial charge in [0.15, 0.2) is 0 Å².